The summed E-state index contributed by atoms with van der Waals surface area (Å²) < 4.78 is 2.11. The largest absolute Gasteiger partial charge is 0.317 e. The maximum Gasteiger partial charge on any atom is 0.193 e. The van der Waals surface area contributed by atoms with E-state index in [1.54, 1.807) is 11.3 Å². The van der Waals surface area contributed by atoms with Crippen molar-refractivity contribution in [3.05, 3.63) is 23.5 Å². The Balaban J connectivity index is 1.84. The fourth-order valence-electron chi connectivity index (χ4n) is 2.21. The molecular weight excluding hydrogens is 230 g/mol. The van der Waals surface area contributed by atoms with E-state index in [9.17, 15) is 0 Å². The Morgan fingerprint density at radius 3 is 2.94 bits per heavy atom. The molecule has 1 unspecified atom stereocenters. The predicted octanol–water partition coefficient (Wildman–Crippen LogP) is 2.96. The highest BCUT2D eigenvalue weighted by molar-refractivity contribution is 7.15. The summed E-state index contributed by atoms with van der Waals surface area (Å²) in [5.41, 5.74) is 1.22. The van der Waals surface area contributed by atoms with Gasteiger partial charge in [-0.2, -0.15) is 0 Å². The van der Waals surface area contributed by atoms with Gasteiger partial charge in [-0.1, -0.05) is 13.8 Å². The van der Waals surface area contributed by atoms with Crippen molar-refractivity contribution < 1.29 is 0 Å². The number of rotatable bonds is 6. The first-order valence-corrected chi connectivity index (χ1v) is 7.17. The number of hydrogen-bond acceptors (Lipinski definition) is 3. The Morgan fingerprint density at radius 2 is 2.29 bits per heavy atom. The van der Waals surface area contributed by atoms with Gasteiger partial charge in [0.15, 0.2) is 4.96 Å². The number of hydrogen-bond donors (Lipinski definition) is 1. The van der Waals surface area contributed by atoms with Gasteiger partial charge in [-0.15, -0.1) is 11.3 Å². The smallest absolute Gasteiger partial charge is 0.193 e. The van der Waals surface area contributed by atoms with Crippen LogP contribution in [0.2, 0.25) is 0 Å². The van der Waals surface area contributed by atoms with E-state index in [1.165, 1.54) is 18.5 Å². The third-order valence-electron chi connectivity index (χ3n) is 3.27. The fraction of sp³-hybridized carbons (Fsp3) is 0.615. The summed E-state index contributed by atoms with van der Waals surface area (Å²) in [6.45, 7) is 4.54. The van der Waals surface area contributed by atoms with Crippen LogP contribution in [0, 0.1) is 5.92 Å². The second kappa shape index (κ2) is 5.65. The summed E-state index contributed by atoms with van der Waals surface area (Å²) in [6, 6.07) is 0.624. The molecule has 1 atom stereocenters. The van der Waals surface area contributed by atoms with Gasteiger partial charge in [0.05, 0.1) is 5.69 Å². The topological polar surface area (TPSA) is 29.3 Å². The van der Waals surface area contributed by atoms with Crippen molar-refractivity contribution in [2.75, 3.05) is 7.05 Å². The van der Waals surface area contributed by atoms with Gasteiger partial charge < -0.3 is 5.32 Å². The molecule has 0 aromatic carbocycles. The average Bonchev–Trinajstić information content (AvgIpc) is 2.83. The van der Waals surface area contributed by atoms with Gasteiger partial charge in [-0.25, -0.2) is 4.98 Å². The van der Waals surface area contributed by atoms with Gasteiger partial charge >= 0.3 is 0 Å². The first-order chi connectivity index (χ1) is 8.20. The molecule has 0 aliphatic carbocycles. The summed E-state index contributed by atoms with van der Waals surface area (Å²) in [7, 11) is 2.05. The Hall–Kier alpha value is -0.870. The van der Waals surface area contributed by atoms with Crippen LogP contribution in [0.3, 0.4) is 0 Å². The van der Waals surface area contributed by atoms with E-state index in [-0.39, 0.29) is 0 Å². The van der Waals surface area contributed by atoms with Gasteiger partial charge in [0, 0.05) is 23.8 Å². The maximum absolute atomic E-state index is 4.60. The molecule has 0 saturated carbocycles. The van der Waals surface area contributed by atoms with Gasteiger partial charge in [0.1, 0.15) is 0 Å². The van der Waals surface area contributed by atoms with E-state index in [4.69, 9.17) is 0 Å². The lowest BCUT2D eigenvalue weighted by molar-refractivity contribution is 0.393. The number of imidazole rings is 1. The third kappa shape index (κ3) is 3.07. The minimum atomic E-state index is 0.624. The first kappa shape index (κ1) is 12.6. The van der Waals surface area contributed by atoms with E-state index in [0.717, 1.165) is 11.4 Å². The number of fused-ring (bicyclic) bond motifs is 1. The third-order valence-corrected chi connectivity index (χ3v) is 4.04. The van der Waals surface area contributed by atoms with E-state index >= 15 is 0 Å². The quantitative estimate of drug-likeness (QED) is 0.855. The van der Waals surface area contributed by atoms with E-state index in [1.807, 2.05) is 0 Å². The van der Waals surface area contributed by atoms with Crippen molar-refractivity contribution in [2.45, 2.75) is 39.2 Å². The van der Waals surface area contributed by atoms with Crippen LogP contribution in [-0.4, -0.2) is 22.5 Å². The molecule has 2 rings (SSSR count). The van der Waals surface area contributed by atoms with Crippen molar-refractivity contribution >= 4 is 16.3 Å². The Morgan fingerprint density at radius 1 is 1.47 bits per heavy atom. The Bertz CT molecular complexity index is 429. The molecule has 17 heavy (non-hydrogen) atoms. The van der Waals surface area contributed by atoms with Crippen LogP contribution in [0.5, 0.6) is 0 Å². The molecule has 4 heteroatoms. The van der Waals surface area contributed by atoms with E-state index < -0.39 is 0 Å². The molecule has 3 nitrogen and oxygen atoms in total. The summed E-state index contributed by atoms with van der Waals surface area (Å²) >= 11 is 1.70. The molecule has 0 radical (unpaired) electrons. The number of thiazole rings is 1. The first-order valence-electron chi connectivity index (χ1n) is 6.29. The second-order valence-corrected chi connectivity index (χ2v) is 5.73. The lowest BCUT2D eigenvalue weighted by atomic mass is 9.98. The van der Waals surface area contributed by atoms with E-state index in [0.29, 0.717) is 12.0 Å². The van der Waals surface area contributed by atoms with Crippen molar-refractivity contribution in [2.24, 2.45) is 5.92 Å². The van der Waals surface area contributed by atoms with Crippen molar-refractivity contribution in [3.63, 3.8) is 0 Å². The van der Waals surface area contributed by atoms with Crippen LogP contribution in [0.15, 0.2) is 17.8 Å². The number of aromatic nitrogens is 2. The molecule has 2 aromatic rings. The minimum Gasteiger partial charge on any atom is -0.317 e. The number of nitrogens with zero attached hydrogens (tertiary/aromatic N) is 2. The van der Waals surface area contributed by atoms with Crippen LogP contribution in [-0.2, 0) is 6.42 Å². The predicted molar refractivity (Wildman–Crippen MR) is 73.7 cm³/mol. The minimum absolute atomic E-state index is 0.624. The molecule has 0 saturated heterocycles. The van der Waals surface area contributed by atoms with Crippen LogP contribution < -0.4 is 5.32 Å². The maximum atomic E-state index is 4.60. The molecular formula is C13H21N3S. The van der Waals surface area contributed by atoms with Gasteiger partial charge in [0.2, 0.25) is 0 Å². The molecule has 2 heterocycles. The molecule has 0 aliphatic heterocycles. The van der Waals surface area contributed by atoms with Crippen LogP contribution in [0.25, 0.3) is 4.96 Å². The summed E-state index contributed by atoms with van der Waals surface area (Å²) in [5, 5.41) is 5.46. The second-order valence-electron chi connectivity index (χ2n) is 4.86. The van der Waals surface area contributed by atoms with Gasteiger partial charge in [-0.3, -0.25) is 4.40 Å². The summed E-state index contributed by atoms with van der Waals surface area (Å²) in [4.78, 5) is 5.71. The van der Waals surface area contributed by atoms with Crippen LogP contribution in [0.4, 0.5) is 0 Å². The zero-order valence-electron chi connectivity index (χ0n) is 10.8. The highest BCUT2D eigenvalue weighted by Crippen LogP contribution is 2.14. The van der Waals surface area contributed by atoms with E-state index in [2.05, 4.69) is 53.4 Å². The Kier molecular flexibility index (Phi) is 4.18. The molecule has 0 bridgehead atoms. The number of aryl methyl sites for hydroxylation is 1. The summed E-state index contributed by atoms with van der Waals surface area (Å²) in [5.74, 6) is 0.700. The number of nitrogens with one attached hydrogen (secondary N) is 1. The molecule has 0 spiro atoms. The molecule has 0 fully saturated rings. The zero-order valence-corrected chi connectivity index (χ0v) is 11.6. The molecule has 0 amide bonds. The van der Waals surface area contributed by atoms with Crippen molar-refractivity contribution in [1.82, 2.24) is 14.7 Å². The van der Waals surface area contributed by atoms with Gasteiger partial charge in [-0.05, 0) is 32.2 Å². The average molecular weight is 251 g/mol. The van der Waals surface area contributed by atoms with Crippen molar-refractivity contribution in [3.8, 4) is 0 Å². The van der Waals surface area contributed by atoms with Crippen LogP contribution in [0.1, 0.15) is 32.4 Å². The summed E-state index contributed by atoms with van der Waals surface area (Å²) in [6.07, 6.45) is 7.73. The SMILES string of the molecule is CNC(CCCc1cn2ccsc2n1)C(C)C. The zero-order chi connectivity index (χ0) is 12.3. The fourth-order valence-corrected chi connectivity index (χ4v) is 2.93. The molecule has 2 aromatic heterocycles. The normalized spacial score (nSPS) is 13.6. The molecule has 1 N–H and O–H groups in total. The standard InChI is InChI=1S/C13H21N3S/c1-10(2)12(14-3)6-4-5-11-9-16-7-8-17-13(16)15-11/h7-10,12,14H,4-6H2,1-3H3. The van der Waals surface area contributed by atoms with Crippen molar-refractivity contribution in [1.29, 1.82) is 0 Å². The highest BCUT2D eigenvalue weighted by Gasteiger charge is 2.10. The monoisotopic (exact) mass is 251 g/mol. The lowest BCUT2D eigenvalue weighted by Crippen LogP contribution is -2.30. The lowest BCUT2D eigenvalue weighted by Gasteiger charge is -2.19. The molecule has 94 valence electrons. The highest BCUT2D eigenvalue weighted by atomic mass is 32.1. The van der Waals surface area contributed by atoms with Crippen LogP contribution >= 0.6 is 11.3 Å². The Labute approximate surface area is 107 Å². The van der Waals surface area contributed by atoms with Gasteiger partial charge in [0.25, 0.3) is 0 Å². The molecule has 0 aliphatic rings.